The first-order valence-corrected chi connectivity index (χ1v) is 7.30. The minimum Gasteiger partial charge on any atom is -0.473 e. The molecule has 0 aliphatic carbocycles. The van der Waals surface area contributed by atoms with Crippen LogP contribution >= 0.6 is 11.6 Å². The number of nitrogens with one attached hydrogen (secondary N) is 1. The average Bonchev–Trinajstić information content (AvgIpc) is 2.48. The van der Waals surface area contributed by atoms with E-state index in [2.05, 4.69) is 17.2 Å². The Labute approximate surface area is 129 Å². The molecule has 21 heavy (non-hydrogen) atoms. The van der Waals surface area contributed by atoms with E-state index in [-0.39, 0.29) is 5.82 Å². The van der Waals surface area contributed by atoms with Gasteiger partial charge in [0.15, 0.2) is 0 Å². The van der Waals surface area contributed by atoms with Crippen molar-refractivity contribution in [1.82, 2.24) is 10.3 Å². The summed E-state index contributed by atoms with van der Waals surface area (Å²) < 4.78 is 19.0. The molecular weight excluding hydrogens is 291 g/mol. The van der Waals surface area contributed by atoms with Crippen molar-refractivity contribution in [2.45, 2.75) is 26.5 Å². The van der Waals surface area contributed by atoms with E-state index in [4.69, 9.17) is 16.3 Å². The van der Waals surface area contributed by atoms with Crippen molar-refractivity contribution in [3.63, 3.8) is 0 Å². The number of pyridine rings is 1. The number of hydrogen-bond acceptors (Lipinski definition) is 3. The van der Waals surface area contributed by atoms with Gasteiger partial charge in [-0.2, -0.15) is 0 Å². The third kappa shape index (κ3) is 4.69. The molecule has 1 N–H and O–H groups in total. The van der Waals surface area contributed by atoms with Gasteiger partial charge in [0, 0.05) is 22.7 Å². The average molecular weight is 309 g/mol. The summed E-state index contributed by atoms with van der Waals surface area (Å²) in [5.74, 6) is 0.0633. The fourth-order valence-electron chi connectivity index (χ4n) is 1.89. The molecule has 3 nitrogen and oxygen atoms in total. The van der Waals surface area contributed by atoms with E-state index in [9.17, 15) is 4.39 Å². The fourth-order valence-corrected chi connectivity index (χ4v) is 2.08. The molecule has 0 atom stereocenters. The fraction of sp³-hybridized carbons (Fsp3) is 0.312. The zero-order valence-electron chi connectivity index (χ0n) is 11.9. The van der Waals surface area contributed by atoms with Crippen LogP contribution in [-0.4, -0.2) is 11.5 Å². The molecule has 0 spiro atoms. The van der Waals surface area contributed by atoms with Crippen LogP contribution in [0.1, 0.15) is 24.5 Å². The lowest BCUT2D eigenvalue weighted by molar-refractivity contribution is 0.288. The van der Waals surface area contributed by atoms with Crippen LogP contribution in [-0.2, 0) is 13.2 Å². The summed E-state index contributed by atoms with van der Waals surface area (Å²) in [6.07, 6.45) is 2.17. The summed E-state index contributed by atoms with van der Waals surface area (Å²) in [5.41, 5.74) is 1.58. The highest BCUT2D eigenvalue weighted by molar-refractivity contribution is 6.31. The van der Waals surface area contributed by atoms with E-state index in [1.54, 1.807) is 0 Å². The molecule has 2 rings (SSSR count). The SMILES string of the molecule is CCCNCc1cc(F)cnc1OCc1ccccc1Cl. The summed E-state index contributed by atoms with van der Waals surface area (Å²) in [4.78, 5) is 4.02. The zero-order chi connectivity index (χ0) is 15.1. The van der Waals surface area contributed by atoms with Crippen LogP contribution < -0.4 is 10.1 Å². The summed E-state index contributed by atoms with van der Waals surface area (Å²) in [6.45, 7) is 3.77. The van der Waals surface area contributed by atoms with Gasteiger partial charge in [-0.05, 0) is 25.1 Å². The van der Waals surface area contributed by atoms with E-state index in [1.165, 1.54) is 6.07 Å². The van der Waals surface area contributed by atoms with Crippen LogP contribution in [0.15, 0.2) is 36.5 Å². The first-order chi connectivity index (χ1) is 10.2. The zero-order valence-corrected chi connectivity index (χ0v) is 12.7. The lowest BCUT2D eigenvalue weighted by Crippen LogP contribution is -2.15. The van der Waals surface area contributed by atoms with Crippen molar-refractivity contribution in [3.8, 4) is 5.88 Å². The summed E-state index contributed by atoms with van der Waals surface area (Å²) in [5, 5.41) is 3.86. The molecule has 0 amide bonds. The Kier molecular flexibility index (Phi) is 5.96. The maximum atomic E-state index is 13.3. The summed E-state index contributed by atoms with van der Waals surface area (Å²) >= 11 is 6.09. The number of ether oxygens (including phenoxy) is 1. The third-order valence-electron chi connectivity index (χ3n) is 2.96. The van der Waals surface area contributed by atoms with E-state index < -0.39 is 0 Å². The van der Waals surface area contributed by atoms with Crippen molar-refractivity contribution in [2.24, 2.45) is 0 Å². The monoisotopic (exact) mass is 308 g/mol. The second kappa shape index (κ2) is 7.96. The van der Waals surface area contributed by atoms with Gasteiger partial charge in [-0.1, -0.05) is 36.7 Å². The van der Waals surface area contributed by atoms with E-state index in [0.29, 0.717) is 29.6 Å². The number of hydrogen-bond donors (Lipinski definition) is 1. The second-order valence-corrected chi connectivity index (χ2v) is 5.08. The van der Waals surface area contributed by atoms with Crippen molar-refractivity contribution >= 4 is 11.6 Å². The third-order valence-corrected chi connectivity index (χ3v) is 3.33. The van der Waals surface area contributed by atoms with Crippen LogP contribution in [0.25, 0.3) is 0 Å². The first kappa shape index (κ1) is 15.7. The normalized spacial score (nSPS) is 10.6. The lowest BCUT2D eigenvalue weighted by Gasteiger charge is -2.12. The number of aromatic nitrogens is 1. The number of nitrogens with zero attached hydrogens (tertiary/aromatic N) is 1. The molecule has 0 aliphatic heterocycles. The van der Waals surface area contributed by atoms with Gasteiger partial charge < -0.3 is 10.1 Å². The Balaban J connectivity index is 2.06. The van der Waals surface area contributed by atoms with Crippen molar-refractivity contribution < 1.29 is 9.13 Å². The van der Waals surface area contributed by atoms with Gasteiger partial charge in [0.2, 0.25) is 5.88 Å². The maximum Gasteiger partial charge on any atom is 0.218 e. The van der Waals surface area contributed by atoms with Crippen molar-refractivity contribution in [1.29, 1.82) is 0 Å². The molecule has 0 saturated heterocycles. The summed E-state index contributed by atoms with van der Waals surface area (Å²) in [6, 6.07) is 8.90. The molecule has 112 valence electrons. The van der Waals surface area contributed by atoms with E-state index >= 15 is 0 Å². The van der Waals surface area contributed by atoms with Crippen LogP contribution in [0, 0.1) is 5.82 Å². The molecule has 2 aromatic rings. The molecule has 1 aromatic carbocycles. The number of halogens is 2. The van der Waals surface area contributed by atoms with Crippen LogP contribution in [0.5, 0.6) is 5.88 Å². The highest BCUT2D eigenvalue weighted by atomic mass is 35.5. The molecule has 0 bridgehead atoms. The minimum absolute atomic E-state index is 0.305. The molecular formula is C16H18ClFN2O. The molecule has 1 aromatic heterocycles. The summed E-state index contributed by atoms with van der Waals surface area (Å²) in [7, 11) is 0. The van der Waals surface area contributed by atoms with Gasteiger partial charge in [-0.3, -0.25) is 0 Å². The predicted octanol–water partition coefficient (Wildman–Crippen LogP) is 3.95. The molecule has 1 heterocycles. The van der Waals surface area contributed by atoms with Crippen molar-refractivity contribution in [3.05, 3.63) is 58.5 Å². The Morgan fingerprint density at radius 1 is 1.29 bits per heavy atom. The van der Waals surface area contributed by atoms with Crippen LogP contribution in [0.3, 0.4) is 0 Å². The topological polar surface area (TPSA) is 34.2 Å². The van der Waals surface area contributed by atoms with Gasteiger partial charge in [0.25, 0.3) is 0 Å². The predicted molar refractivity (Wildman–Crippen MR) is 82.0 cm³/mol. The second-order valence-electron chi connectivity index (χ2n) is 4.67. The largest absolute Gasteiger partial charge is 0.473 e. The smallest absolute Gasteiger partial charge is 0.218 e. The van der Waals surface area contributed by atoms with Crippen LogP contribution in [0.2, 0.25) is 5.02 Å². The minimum atomic E-state index is -0.367. The van der Waals surface area contributed by atoms with Crippen LogP contribution in [0.4, 0.5) is 4.39 Å². The Hall–Kier alpha value is -1.65. The Morgan fingerprint density at radius 3 is 2.86 bits per heavy atom. The van der Waals surface area contributed by atoms with Gasteiger partial charge in [0.05, 0.1) is 6.20 Å². The molecule has 0 saturated carbocycles. The van der Waals surface area contributed by atoms with Gasteiger partial charge in [0.1, 0.15) is 12.4 Å². The maximum absolute atomic E-state index is 13.3. The Bertz CT molecular complexity index is 592. The lowest BCUT2D eigenvalue weighted by atomic mass is 10.2. The highest BCUT2D eigenvalue weighted by Gasteiger charge is 2.08. The quantitative estimate of drug-likeness (QED) is 0.786. The Morgan fingerprint density at radius 2 is 2.10 bits per heavy atom. The molecule has 0 unspecified atom stereocenters. The molecule has 0 fully saturated rings. The molecule has 0 radical (unpaired) electrons. The van der Waals surface area contributed by atoms with Gasteiger partial charge in [-0.15, -0.1) is 0 Å². The van der Waals surface area contributed by atoms with Gasteiger partial charge >= 0.3 is 0 Å². The highest BCUT2D eigenvalue weighted by Crippen LogP contribution is 2.20. The van der Waals surface area contributed by atoms with E-state index in [0.717, 1.165) is 24.7 Å². The standard InChI is InChI=1S/C16H18ClFN2O/c1-2-7-19-9-13-8-14(18)10-20-16(13)21-11-12-5-3-4-6-15(12)17/h3-6,8,10,19H,2,7,9,11H2,1H3. The molecule has 0 aliphatic rings. The van der Waals surface area contributed by atoms with Gasteiger partial charge in [-0.25, -0.2) is 9.37 Å². The number of benzene rings is 1. The number of rotatable bonds is 7. The molecule has 5 heteroatoms. The first-order valence-electron chi connectivity index (χ1n) is 6.92. The van der Waals surface area contributed by atoms with E-state index in [1.807, 2.05) is 24.3 Å². The van der Waals surface area contributed by atoms with Crippen molar-refractivity contribution in [2.75, 3.05) is 6.54 Å².